The van der Waals surface area contributed by atoms with Gasteiger partial charge in [0, 0.05) is 12.2 Å². The molecule has 0 fully saturated rings. The third-order valence-electron chi connectivity index (χ3n) is 4.05. The molecule has 1 N–H and O–H groups in total. The second kappa shape index (κ2) is 8.67. The van der Waals surface area contributed by atoms with Crippen molar-refractivity contribution in [2.45, 2.75) is 6.54 Å². The van der Waals surface area contributed by atoms with E-state index in [1.54, 1.807) is 12.1 Å². The van der Waals surface area contributed by atoms with Crippen LogP contribution in [0, 0.1) is 0 Å². The maximum Gasteiger partial charge on any atom is 0.337 e. The number of rotatable bonds is 6. The van der Waals surface area contributed by atoms with Crippen LogP contribution in [-0.2, 0) is 11.3 Å². The summed E-state index contributed by atoms with van der Waals surface area (Å²) < 4.78 is 4.70. The summed E-state index contributed by atoms with van der Waals surface area (Å²) >= 11 is 0. The summed E-state index contributed by atoms with van der Waals surface area (Å²) in [5, 5.41) is 3.42. The molecule has 0 aliphatic rings. The number of carbonyl (C=O) groups is 1. The molecule has 0 unspecified atom stereocenters. The number of hydrogen-bond acceptors (Lipinski definition) is 3. The Balaban J connectivity index is 1.58. The smallest absolute Gasteiger partial charge is 0.337 e. The molecule has 130 valence electrons. The SMILES string of the molecule is COC(=O)c1ccc(/C=C/c2ccc(NCc3ccccc3)cc2)cc1. The number of benzene rings is 3. The third-order valence-corrected chi connectivity index (χ3v) is 4.05. The molecule has 0 atom stereocenters. The van der Waals surface area contributed by atoms with Crippen molar-refractivity contribution in [3.63, 3.8) is 0 Å². The van der Waals surface area contributed by atoms with Crippen molar-refractivity contribution in [3.8, 4) is 0 Å². The van der Waals surface area contributed by atoms with Crippen molar-refractivity contribution < 1.29 is 9.53 Å². The Hall–Kier alpha value is -3.33. The van der Waals surface area contributed by atoms with Gasteiger partial charge in [0.25, 0.3) is 0 Å². The highest BCUT2D eigenvalue weighted by atomic mass is 16.5. The van der Waals surface area contributed by atoms with E-state index in [-0.39, 0.29) is 5.97 Å². The molecule has 0 amide bonds. The van der Waals surface area contributed by atoms with E-state index in [0.717, 1.165) is 23.4 Å². The average molecular weight is 343 g/mol. The van der Waals surface area contributed by atoms with Crippen LogP contribution in [0.5, 0.6) is 0 Å². The molecule has 0 bridgehead atoms. The summed E-state index contributed by atoms with van der Waals surface area (Å²) in [6.45, 7) is 0.808. The zero-order valence-electron chi connectivity index (χ0n) is 14.7. The molecular formula is C23H21NO2. The number of nitrogens with one attached hydrogen (secondary N) is 1. The monoisotopic (exact) mass is 343 g/mol. The van der Waals surface area contributed by atoms with E-state index >= 15 is 0 Å². The molecule has 3 aromatic carbocycles. The van der Waals surface area contributed by atoms with Crippen molar-refractivity contribution >= 4 is 23.8 Å². The number of esters is 1. The van der Waals surface area contributed by atoms with Gasteiger partial charge in [-0.25, -0.2) is 4.79 Å². The van der Waals surface area contributed by atoms with Gasteiger partial charge in [-0.1, -0.05) is 66.7 Å². The molecule has 0 spiro atoms. The van der Waals surface area contributed by atoms with Crippen LogP contribution in [0.2, 0.25) is 0 Å². The minimum Gasteiger partial charge on any atom is -0.465 e. The van der Waals surface area contributed by atoms with Crippen LogP contribution < -0.4 is 5.32 Å². The van der Waals surface area contributed by atoms with Gasteiger partial charge in [-0.05, 0) is 41.0 Å². The van der Waals surface area contributed by atoms with E-state index in [1.807, 2.05) is 42.5 Å². The Morgan fingerprint density at radius 3 is 2.00 bits per heavy atom. The fraction of sp³-hybridized carbons (Fsp3) is 0.0870. The lowest BCUT2D eigenvalue weighted by atomic mass is 10.1. The van der Waals surface area contributed by atoms with Crippen LogP contribution in [0.25, 0.3) is 12.2 Å². The summed E-state index contributed by atoms with van der Waals surface area (Å²) in [5.41, 5.74) is 5.05. The van der Waals surface area contributed by atoms with Crippen molar-refractivity contribution in [3.05, 3.63) is 101 Å². The second-order valence-corrected chi connectivity index (χ2v) is 5.91. The number of carbonyl (C=O) groups excluding carboxylic acids is 1. The zero-order chi connectivity index (χ0) is 18.2. The Bertz CT molecular complexity index is 866. The van der Waals surface area contributed by atoms with Crippen molar-refractivity contribution in [1.82, 2.24) is 0 Å². The standard InChI is InChI=1S/C23H21NO2/c1-26-23(25)21-13-9-18(10-14-21)7-8-19-11-15-22(16-12-19)24-17-20-5-3-2-4-6-20/h2-16,24H,17H2,1H3/b8-7+. The first-order valence-corrected chi connectivity index (χ1v) is 8.49. The van der Waals surface area contributed by atoms with Gasteiger partial charge < -0.3 is 10.1 Å². The minimum absolute atomic E-state index is 0.320. The summed E-state index contributed by atoms with van der Waals surface area (Å²) in [7, 11) is 1.38. The molecular weight excluding hydrogens is 322 g/mol. The maximum atomic E-state index is 11.4. The first-order valence-electron chi connectivity index (χ1n) is 8.49. The summed E-state index contributed by atoms with van der Waals surface area (Å²) in [6.07, 6.45) is 4.07. The number of anilines is 1. The quantitative estimate of drug-likeness (QED) is 0.490. The van der Waals surface area contributed by atoms with E-state index in [0.29, 0.717) is 5.56 Å². The van der Waals surface area contributed by atoms with Crippen LogP contribution in [-0.4, -0.2) is 13.1 Å². The first kappa shape index (κ1) is 17.5. The second-order valence-electron chi connectivity index (χ2n) is 5.91. The van der Waals surface area contributed by atoms with Crippen LogP contribution in [0.4, 0.5) is 5.69 Å². The molecule has 3 nitrogen and oxygen atoms in total. The van der Waals surface area contributed by atoms with E-state index in [2.05, 4.69) is 41.7 Å². The maximum absolute atomic E-state index is 11.4. The summed E-state index contributed by atoms with van der Waals surface area (Å²) in [5.74, 6) is -0.320. The predicted octanol–water partition coefficient (Wildman–Crippen LogP) is 5.26. The third kappa shape index (κ3) is 4.84. The molecule has 0 aliphatic carbocycles. The van der Waals surface area contributed by atoms with Gasteiger partial charge >= 0.3 is 5.97 Å². The van der Waals surface area contributed by atoms with Crippen LogP contribution in [0.1, 0.15) is 27.0 Å². The molecule has 0 saturated carbocycles. The molecule has 3 aromatic rings. The lowest BCUT2D eigenvalue weighted by molar-refractivity contribution is 0.0600. The van der Waals surface area contributed by atoms with Gasteiger partial charge in [0.15, 0.2) is 0 Å². The summed E-state index contributed by atoms with van der Waals surface area (Å²) in [6, 6.07) is 26.0. The number of hydrogen-bond donors (Lipinski definition) is 1. The summed E-state index contributed by atoms with van der Waals surface area (Å²) in [4.78, 5) is 11.4. The average Bonchev–Trinajstić information content (AvgIpc) is 2.72. The molecule has 0 radical (unpaired) electrons. The van der Waals surface area contributed by atoms with E-state index in [9.17, 15) is 4.79 Å². The molecule has 3 heteroatoms. The predicted molar refractivity (Wildman–Crippen MR) is 107 cm³/mol. The van der Waals surface area contributed by atoms with Crippen LogP contribution in [0.15, 0.2) is 78.9 Å². The number of ether oxygens (including phenoxy) is 1. The molecule has 26 heavy (non-hydrogen) atoms. The van der Waals surface area contributed by atoms with Gasteiger partial charge in [0.1, 0.15) is 0 Å². The fourth-order valence-corrected chi connectivity index (χ4v) is 2.55. The van der Waals surface area contributed by atoms with Gasteiger partial charge in [-0.15, -0.1) is 0 Å². The lowest BCUT2D eigenvalue weighted by Gasteiger charge is -2.06. The number of methoxy groups -OCH3 is 1. The first-order chi connectivity index (χ1) is 12.7. The molecule has 0 aromatic heterocycles. The lowest BCUT2D eigenvalue weighted by Crippen LogP contribution is -2.00. The molecule has 0 heterocycles. The van der Waals surface area contributed by atoms with Gasteiger partial charge in [-0.3, -0.25) is 0 Å². The molecule has 0 saturated heterocycles. The highest BCUT2D eigenvalue weighted by molar-refractivity contribution is 5.89. The van der Waals surface area contributed by atoms with Crippen molar-refractivity contribution in [1.29, 1.82) is 0 Å². The van der Waals surface area contributed by atoms with Crippen molar-refractivity contribution in [2.75, 3.05) is 12.4 Å². The zero-order valence-corrected chi connectivity index (χ0v) is 14.7. The Labute approximate surface area is 154 Å². The topological polar surface area (TPSA) is 38.3 Å². The highest BCUT2D eigenvalue weighted by Crippen LogP contribution is 2.14. The van der Waals surface area contributed by atoms with Gasteiger partial charge in [-0.2, -0.15) is 0 Å². The molecule has 0 aliphatic heterocycles. The Morgan fingerprint density at radius 1 is 0.846 bits per heavy atom. The van der Waals surface area contributed by atoms with E-state index < -0.39 is 0 Å². The van der Waals surface area contributed by atoms with Crippen LogP contribution >= 0.6 is 0 Å². The largest absolute Gasteiger partial charge is 0.465 e. The highest BCUT2D eigenvalue weighted by Gasteiger charge is 2.03. The van der Waals surface area contributed by atoms with E-state index in [1.165, 1.54) is 12.7 Å². The molecule has 3 rings (SSSR count). The normalized spacial score (nSPS) is 10.7. The van der Waals surface area contributed by atoms with E-state index in [4.69, 9.17) is 4.74 Å². The van der Waals surface area contributed by atoms with Crippen LogP contribution in [0.3, 0.4) is 0 Å². The van der Waals surface area contributed by atoms with Gasteiger partial charge in [0.2, 0.25) is 0 Å². The van der Waals surface area contributed by atoms with Gasteiger partial charge in [0.05, 0.1) is 12.7 Å². The Kier molecular flexibility index (Phi) is 5.84. The van der Waals surface area contributed by atoms with Crippen molar-refractivity contribution in [2.24, 2.45) is 0 Å². The Morgan fingerprint density at radius 2 is 1.42 bits per heavy atom. The minimum atomic E-state index is -0.320. The fourth-order valence-electron chi connectivity index (χ4n) is 2.55.